The zero-order chi connectivity index (χ0) is 13.3. The molecule has 0 saturated heterocycles. The summed E-state index contributed by atoms with van der Waals surface area (Å²) in [6.07, 6.45) is -4.32. The maximum absolute atomic E-state index is 12.9. The van der Waals surface area contributed by atoms with Crippen LogP contribution in [0.15, 0.2) is 18.2 Å². The second-order valence-corrected chi connectivity index (χ2v) is 4.27. The Morgan fingerprint density at radius 2 is 2.17 bits per heavy atom. The Bertz CT molecular complexity index is 471. The normalized spacial score (nSPS) is 18.3. The van der Waals surface area contributed by atoms with Crippen LogP contribution in [0.25, 0.3) is 0 Å². The molecular weight excluding hydrogens is 247 g/mol. The Balaban J connectivity index is 2.32. The third kappa shape index (κ3) is 2.42. The highest BCUT2D eigenvalue weighted by Gasteiger charge is 2.38. The van der Waals surface area contributed by atoms with Gasteiger partial charge in [-0.15, -0.1) is 0 Å². The number of halogens is 3. The predicted molar refractivity (Wildman–Crippen MR) is 59.5 cm³/mol. The molecule has 1 aromatic carbocycles. The number of carbonyl (C=O) groups is 1. The lowest BCUT2D eigenvalue weighted by atomic mass is 9.92. The molecule has 0 saturated carbocycles. The van der Waals surface area contributed by atoms with Gasteiger partial charge in [0.1, 0.15) is 0 Å². The van der Waals surface area contributed by atoms with Crippen LogP contribution in [0.5, 0.6) is 0 Å². The molecule has 18 heavy (non-hydrogen) atoms. The number of alkyl halides is 3. The van der Waals surface area contributed by atoms with Crippen molar-refractivity contribution in [3.63, 3.8) is 0 Å². The summed E-state index contributed by atoms with van der Waals surface area (Å²) in [6, 6.07) is 3.99. The van der Waals surface area contributed by atoms with Crippen molar-refractivity contribution in [1.29, 1.82) is 0 Å². The topological polar surface area (TPSA) is 49.3 Å². The molecule has 1 aliphatic rings. The monoisotopic (exact) mass is 259 g/mol. The van der Waals surface area contributed by atoms with Crippen molar-refractivity contribution in [3.05, 3.63) is 29.3 Å². The van der Waals surface area contributed by atoms with Crippen molar-refractivity contribution in [1.82, 2.24) is 0 Å². The molecule has 2 rings (SSSR count). The highest BCUT2D eigenvalue weighted by atomic mass is 19.4. The lowest BCUT2D eigenvalue weighted by Crippen LogP contribution is -2.12. The second-order valence-electron chi connectivity index (χ2n) is 4.27. The first kappa shape index (κ1) is 12.7. The van der Waals surface area contributed by atoms with Gasteiger partial charge in [0.15, 0.2) is 0 Å². The van der Waals surface area contributed by atoms with E-state index in [0.717, 1.165) is 6.07 Å². The van der Waals surface area contributed by atoms with Gasteiger partial charge in [-0.3, -0.25) is 4.79 Å². The standard InChI is InChI=1S/C12H12F3NO2/c13-12(14,15)8-2-1-3-9-11(8)7(6-16-9)4-5-10(17)18/h1-3,7,16H,4-6H2,(H,17,18). The molecule has 0 fully saturated rings. The summed E-state index contributed by atoms with van der Waals surface area (Å²) in [6.45, 7) is 0.357. The molecule has 0 radical (unpaired) electrons. The van der Waals surface area contributed by atoms with Gasteiger partial charge in [-0.1, -0.05) is 6.07 Å². The molecule has 3 nitrogen and oxygen atoms in total. The van der Waals surface area contributed by atoms with Crippen LogP contribution in [-0.2, 0) is 11.0 Å². The van der Waals surface area contributed by atoms with Crippen LogP contribution in [0.1, 0.15) is 29.9 Å². The van der Waals surface area contributed by atoms with E-state index in [-0.39, 0.29) is 18.4 Å². The first-order valence-electron chi connectivity index (χ1n) is 5.55. The molecular formula is C12H12F3NO2. The van der Waals surface area contributed by atoms with Crippen molar-refractivity contribution in [3.8, 4) is 0 Å². The number of carboxylic acids is 1. The van der Waals surface area contributed by atoms with E-state index in [1.54, 1.807) is 6.07 Å². The van der Waals surface area contributed by atoms with Crippen molar-refractivity contribution in [2.75, 3.05) is 11.9 Å². The number of aliphatic carboxylic acids is 1. The summed E-state index contributed by atoms with van der Waals surface area (Å²) in [5, 5.41) is 11.5. The largest absolute Gasteiger partial charge is 0.481 e. The minimum Gasteiger partial charge on any atom is -0.481 e. The second kappa shape index (κ2) is 4.51. The van der Waals surface area contributed by atoms with E-state index in [0.29, 0.717) is 12.2 Å². The molecule has 0 bridgehead atoms. The number of hydrogen-bond acceptors (Lipinski definition) is 2. The molecule has 1 aliphatic heterocycles. The summed E-state index contributed by atoms with van der Waals surface area (Å²) in [5.74, 6) is -1.39. The van der Waals surface area contributed by atoms with Gasteiger partial charge < -0.3 is 10.4 Å². The molecule has 6 heteroatoms. The first-order valence-corrected chi connectivity index (χ1v) is 5.55. The summed E-state index contributed by atoms with van der Waals surface area (Å²) >= 11 is 0. The highest BCUT2D eigenvalue weighted by molar-refractivity contribution is 5.67. The van der Waals surface area contributed by atoms with Gasteiger partial charge in [0.05, 0.1) is 5.56 Å². The molecule has 0 aliphatic carbocycles. The van der Waals surface area contributed by atoms with Gasteiger partial charge in [-0.2, -0.15) is 13.2 Å². The highest BCUT2D eigenvalue weighted by Crippen LogP contribution is 2.43. The van der Waals surface area contributed by atoms with Gasteiger partial charge >= 0.3 is 12.1 Å². The minimum atomic E-state index is -4.40. The molecule has 1 heterocycles. The fourth-order valence-electron chi connectivity index (χ4n) is 2.29. The molecule has 0 spiro atoms. The number of fused-ring (bicyclic) bond motifs is 1. The van der Waals surface area contributed by atoms with Crippen molar-refractivity contribution in [2.24, 2.45) is 0 Å². The fourth-order valence-corrected chi connectivity index (χ4v) is 2.29. The molecule has 0 aromatic heterocycles. The number of rotatable bonds is 3. The summed E-state index contributed by atoms with van der Waals surface area (Å²) in [7, 11) is 0. The number of nitrogens with one attached hydrogen (secondary N) is 1. The maximum atomic E-state index is 12.9. The maximum Gasteiger partial charge on any atom is 0.416 e. The zero-order valence-electron chi connectivity index (χ0n) is 9.42. The van der Waals surface area contributed by atoms with Gasteiger partial charge in [0.2, 0.25) is 0 Å². The minimum absolute atomic E-state index is 0.127. The average Bonchev–Trinajstić information content (AvgIpc) is 2.67. The van der Waals surface area contributed by atoms with E-state index in [1.807, 2.05) is 0 Å². The third-order valence-electron chi connectivity index (χ3n) is 3.07. The predicted octanol–water partition coefficient (Wildman–Crippen LogP) is 3.08. The van der Waals surface area contributed by atoms with Crippen LogP contribution < -0.4 is 5.32 Å². The molecule has 1 aromatic rings. The van der Waals surface area contributed by atoms with E-state index in [9.17, 15) is 18.0 Å². The van der Waals surface area contributed by atoms with Gasteiger partial charge in [-0.25, -0.2) is 0 Å². The van der Waals surface area contributed by atoms with Crippen molar-refractivity contribution in [2.45, 2.75) is 24.9 Å². The Labute approximate surface area is 102 Å². The Kier molecular flexibility index (Phi) is 3.19. The fraction of sp³-hybridized carbons (Fsp3) is 0.417. The van der Waals surface area contributed by atoms with E-state index in [4.69, 9.17) is 5.11 Å². The average molecular weight is 259 g/mol. The SMILES string of the molecule is O=C(O)CCC1CNc2cccc(C(F)(F)F)c21. The van der Waals surface area contributed by atoms with Crippen molar-refractivity contribution < 1.29 is 23.1 Å². The lowest BCUT2D eigenvalue weighted by molar-refractivity contribution is -0.138. The Morgan fingerprint density at radius 3 is 2.78 bits per heavy atom. The first-order chi connectivity index (χ1) is 8.39. The summed E-state index contributed by atoms with van der Waals surface area (Å²) < 4.78 is 38.6. The number of benzene rings is 1. The van der Waals surface area contributed by atoms with Crippen LogP contribution in [0.3, 0.4) is 0 Å². The van der Waals surface area contributed by atoms with Crippen LogP contribution in [0.4, 0.5) is 18.9 Å². The molecule has 1 atom stereocenters. The van der Waals surface area contributed by atoms with E-state index < -0.39 is 23.6 Å². The van der Waals surface area contributed by atoms with E-state index in [2.05, 4.69) is 5.32 Å². The van der Waals surface area contributed by atoms with Crippen LogP contribution in [0, 0.1) is 0 Å². The van der Waals surface area contributed by atoms with Gasteiger partial charge in [-0.05, 0) is 24.1 Å². The lowest BCUT2D eigenvalue weighted by Gasteiger charge is -2.15. The molecule has 2 N–H and O–H groups in total. The Hall–Kier alpha value is -1.72. The zero-order valence-corrected chi connectivity index (χ0v) is 9.42. The van der Waals surface area contributed by atoms with Crippen molar-refractivity contribution >= 4 is 11.7 Å². The van der Waals surface area contributed by atoms with E-state index >= 15 is 0 Å². The van der Waals surface area contributed by atoms with Crippen LogP contribution in [-0.4, -0.2) is 17.6 Å². The Morgan fingerprint density at radius 1 is 1.44 bits per heavy atom. The number of carboxylic acid groups (broad SMARTS) is 1. The van der Waals surface area contributed by atoms with E-state index in [1.165, 1.54) is 6.07 Å². The smallest absolute Gasteiger partial charge is 0.416 e. The van der Waals surface area contributed by atoms with Gasteiger partial charge in [0.25, 0.3) is 0 Å². The quantitative estimate of drug-likeness (QED) is 0.877. The molecule has 0 amide bonds. The molecule has 98 valence electrons. The third-order valence-corrected chi connectivity index (χ3v) is 3.07. The van der Waals surface area contributed by atoms with Crippen LogP contribution in [0.2, 0.25) is 0 Å². The van der Waals surface area contributed by atoms with Crippen LogP contribution >= 0.6 is 0 Å². The number of hydrogen-bond donors (Lipinski definition) is 2. The number of anilines is 1. The summed E-state index contributed by atoms with van der Waals surface area (Å²) in [4.78, 5) is 10.5. The summed E-state index contributed by atoms with van der Waals surface area (Å²) in [5.41, 5.74) is -0.00754. The molecule has 1 unspecified atom stereocenters. The van der Waals surface area contributed by atoms with Gasteiger partial charge in [0, 0.05) is 24.6 Å².